The van der Waals surface area contributed by atoms with Crippen molar-refractivity contribution in [3.8, 4) is 5.75 Å². The number of nitrogen functional groups attached to an aromatic ring is 1. The highest BCUT2D eigenvalue weighted by atomic mass is 79.9. The summed E-state index contributed by atoms with van der Waals surface area (Å²) in [6, 6.07) is 8.70. The van der Waals surface area contributed by atoms with E-state index in [1.54, 1.807) is 12.1 Å². The second kappa shape index (κ2) is 5.75. The van der Waals surface area contributed by atoms with Gasteiger partial charge in [-0.05, 0) is 40.2 Å². The van der Waals surface area contributed by atoms with Gasteiger partial charge in [0.15, 0.2) is 0 Å². The van der Waals surface area contributed by atoms with Crippen LogP contribution >= 0.6 is 27.5 Å². The zero-order valence-electron chi connectivity index (χ0n) is 10.9. The molecular formula is C13H12BrClN2O3S. The number of phenols is 1. The fraction of sp³-hybridized carbons (Fsp3) is 0.0769. The van der Waals surface area contributed by atoms with Crippen molar-refractivity contribution in [3.05, 3.63) is 45.9 Å². The third-order valence-electron chi connectivity index (χ3n) is 2.86. The Morgan fingerprint density at radius 2 is 1.95 bits per heavy atom. The number of anilines is 2. The largest absolute Gasteiger partial charge is 0.508 e. The molecule has 0 aliphatic carbocycles. The maximum Gasteiger partial charge on any atom is 0.265 e. The minimum Gasteiger partial charge on any atom is -0.508 e. The van der Waals surface area contributed by atoms with E-state index in [0.717, 1.165) is 4.31 Å². The summed E-state index contributed by atoms with van der Waals surface area (Å²) in [6.45, 7) is 0. The van der Waals surface area contributed by atoms with Crippen LogP contribution in [0.5, 0.6) is 5.75 Å². The summed E-state index contributed by atoms with van der Waals surface area (Å²) in [5, 5.41) is 9.69. The second-order valence-electron chi connectivity index (χ2n) is 4.30. The Morgan fingerprint density at radius 1 is 1.29 bits per heavy atom. The van der Waals surface area contributed by atoms with Gasteiger partial charge in [-0.25, -0.2) is 8.42 Å². The van der Waals surface area contributed by atoms with Crippen molar-refractivity contribution in [2.45, 2.75) is 4.90 Å². The molecule has 0 atom stereocenters. The van der Waals surface area contributed by atoms with Crippen LogP contribution in [0.25, 0.3) is 0 Å². The lowest BCUT2D eigenvalue weighted by Gasteiger charge is -2.21. The SMILES string of the molecule is CN(c1cccc(O)c1)S(=O)(=O)c1cc(Cl)cc(N)c1Br. The number of aromatic hydroxyl groups is 1. The Hall–Kier alpha value is -1.44. The van der Waals surface area contributed by atoms with Crippen LogP contribution in [-0.2, 0) is 10.0 Å². The summed E-state index contributed by atoms with van der Waals surface area (Å²) in [6.07, 6.45) is 0. The predicted molar refractivity (Wildman–Crippen MR) is 87.3 cm³/mol. The maximum absolute atomic E-state index is 12.7. The molecule has 8 heteroatoms. The van der Waals surface area contributed by atoms with E-state index >= 15 is 0 Å². The van der Waals surface area contributed by atoms with E-state index in [0.29, 0.717) is 5.69 Å². The molecule has 2 aromatic rings. The number of hydrogen-bond acceptors (Lipinski definition) is 4. The molecule has 112 valence electrons. The summed E-state index contributed by atoms with van der Waals surface area (Å²) >= 11 is 9.05. The van der Waals surface area contributed by atoms with Gasteiger partial charge in [0.25, 0.3) is 10.0 Å². The Labute approximate surface area is 136 Å². The topological polar surface area (TPSA) is 83.6 Å². The summed E-state index contributed by atoms with van der Waals surface area (Å²) in [4.78, 5) is -0.0432. The number of nitrogens with zero attached hydrogens (tertiary/aromatic N) is 1. The molecule has 0 bridgehead atoms. The third kappa shape index (κ3) is 3.09. The maximum atomic E-state index is 12.7. The van der Waals surface area contributed by atoms with Crippen LogP contribution < -0.4 is 10.0 Å². The van der Waals surface area contributed by atoms with E-state index < -0.39 is 10.0 Å². The summed E-state index contributed by atoms with van der Waals surface area (Å²) in [5.74, 6) is -0.0285. The van der Waals surface area contributed by atoms with Crippen LogP contribution in [0, 0.1) is 0 Å². The fourth-order valence-corrected chi connectivity index (χ4v) is 4.19. The van der Waals surface area contributed by atoms with E-state index in [9.17, 15) is 13.5 Å². The zero-order valence-corrected chi connectivity index (χ0v) is 14.1. The highest BCUT2D eigenvalue weighted by Crippen LogP contribution is 2.34. The van der Waals surface area contributed by atoms with Crippen molar-refractivity contribution < 1.29 is 13.5 Å². The lowest BCUT2D eigenvalue weighted by Crippen LogP contribution is -2.27. The van der Waals surface area contributed by atoms with Crippen LogP contribution in [0.4, 0.5) is 11.4 Å². The second-order valence-corrected chi connectivity index (χ2v) is 7.47. The molecular weight excluding hydrogens is 380 g/mol. The zero-order chi connectivity index (χ0) is 15.8. The van der Waals surface area contributed by atoms with Gasteiger partial charge in [0, 0.05) is 23.8 Å². The lowest BCUT2D eigenvalue weighted by atomic mass is 10.3. The average molecular weight is 392 g/mol. The highest BCUT2D eigenvalue weighted by molar-refractivity contribution is 9.10. The van der Waals surface area contributed by atoms with Crippen LogP contribution in [0.15, 0.2) is 45.8 Å². The molecule has 0 saturated carbocycles. The molecule has 3 N–H and O–H groups in total. The summed E-state index contributed by atoms with van der Waals surface area (Å²) in [7, 11) is -2.49. The minimum absolute atomic E-state index is 0.0285. The first kappa shape index (κ1) is 15.9. The van der Waals surface area contributed by atoms with Crippen LogP contribution in [0.2, 0.25) is 5.02 Å². The van der Waals surface area contributed by atoms with Gasteiger partial charge < -0.3 is 10.8 Å². The van der Waals surface area contributed by atoms with Gasteiger partial charge >= 0.3 is 0 Å². The van der Waals surface area contributed by atoms with E-state index in [1.165, 1.54) is 31.3 Å². The molecule has 0 fully saturated rings. The Morgan fingerprint density at radius 3 is 2.57 bits per heavy atom. The Balaban J connectivity index is 2.57. The highest BCUT2D eigenvalue weighted by Gasteiger charge is 2.25. The first-order valence-corrected chi connectivity index (χ1v) is 8.37. The number of nitrogens with two attached hydrogens (primary N) is 1. The monoisotopic (exact) mass is 390 g/mol. The van der Waals surface area contributed by atoms with E-state index in [4.69, 9.17) is 17.3 Å². The van der Waals surface area contributed by atoms with Crippen molar-refractivity contribution in [1.29, 1.82) is 0 Å². The first-order valence-electron chi connectivity index (χ1n) is 5.76. The molecule has 2 rings (SSSR count). The van der Waals surface area contributed by atoms with Crippen LogP contribution in [0.1, 0.15) is 0 Å². The molecule has 0 aliphatic heterocycles. The van der Waals surface area contributed by atoms with Gasteiger partial charge in [-0.2, -0.15) is 0 Å². The molecule has 21 heavy (non-hydrogen) atoms. The molecule has 0 aliphatic rings. The molecule has 0 heterocycles. The van der Waals surface area contributed by atoms with E-state index in [2.05, 4.69) is 15.9 Å². The van der Waals surface area contributed by atoms with Gasteiger partial charge in [0.2, 0.25) is 0 Å². The predicted octanol–water partition coefficient (Wildman–Crippen LogP) is 3.22. The first-order chi connectivity index (χ1) is 9.73. The Kier molecular flexibility index (Phi) is 4.36. The van der Waals surface area contributed by atoms with Gasteiger partial charge in [-0.3, -0.25) is 4.31 Å². The van der Waals surface area contributed by atoms with Crippen LogP contribution in [-0.4, -0.2) is 20.6 Å². The molecule has 0 amide bonds. The summed E-state index contributed by atoms with van der Waals surface area (Å²) in [5.41, 5.74) is 6.27. The average Bonchev–Trinajstić information content (AvgIpc) is 2.41. The molecule has 0 radical (unpaired) electrons. The van der Waals surface area contributed by atoms with E-state index in [-0.39, 0.29) is 25.8 Å². The van der Waals surface area contributed by atoms with Crippen LogP contribution in [0.3, 0.4) is 0 Å². The molecule has 0 spiro atoms. The summed E-state index contributed by atoms with van der Waals surface area (Å²) < 4.78 is 26.6. The van der Waals surface area contributed by atoms with Crippen molar-refractivity contribution in [3.63, 3.8) is 0 Å². The number of sulfonamides is 1. The number of benzene rings is 2. The van der Waals surface area contributed by atoms with Gasteiger partial charge in [0.05, 0.1) is 10.2 Å². The van der Waals surface area contributed by atoms with Gasteiger partial charge in [0.1, 0.15) is 10.6 Å². The fourth-order valence-electron chi connectivity index (χ4n) is 1.75. The Bertz CT molecular complexity index is 796. The molecule has 0 saturated heterocycles. The number of phenolic OH excluding ortho intramolecular Hbond substituents is 1. The molecule has 0 aromatic heterocycles. The number of hydrogen-bond donors (Lipinski definition) is 2. The van der Waals surface area contributed by atoms with E-state index in [1.807, 2.05) is 0 Å². The molecule has 0 unspecified atom stereocenters. The molecule has 2 aromatic carbocycles. The normalized spacial score (nSPS) is 11.4. The lowest BCUT2D eigenvalue weighted by molar-refractivity contribution is 0.475. The smallest absolute Gasteiger partial charge is 0.265 e. The van der Waals surface area contributed by atoms with Gasteiger partial charge in [-0.1, -0.05) is 17.7 Å². The number of halogens is 2. The quantitative estimate of drug-likeness (QED) is 0.787. The van der Waals surface area contributed by atoms with Crippen molar-refractivity contribution >= 4 is 48.9 Å². The minimum atomic E-state index is -3.87. The van der Waals surface area contributed by atoms with Crippen molar-refractivity contribution in [2.24, 2.45) is 0 Å². The van der Waals surface area contributed by atoms with Crippen molar-refractivity contribution in [1.82, 2.24) is 0 Å². The third-order valence-corrected chi connectivity index (χ3v) is 6.04. The number of rotatable bonds is 3. The standard InChI is InChI=1S/C13H12BrClN2O3S/c1-17(9-3-2-4-10(18)7-9)21(19,20)12-6-8(15)5-11(16)13(12)14/h2-7,18H,16H2,1H3. The molecule has 5 nitrogen and oxygen atoms in total. The van der Waals surface area contributed by atoms with Crippen molar-refractivity contribution in [2.75, 3.05) is 17.1 Å². The van der Waals surface area contributed by atoms with Gasteiger partial charge in [-0.15, -0.1) is 0 Å².